The molecule has 0 N–H and O–H groups in total. The van der Waals surface area contributed by atoms with E-state index in [4.69, 9.17) is 9.15 Å². The number of benzene rings is 2. The van der Waals surface area contributed by atoms with Gasteiger partial charge in [0.1, 0.15) is 24.3 Å². The van der Waals surface area contributed by atoms with Gasteiger partial charge in [-0.25, -0.2) is 4.79 Å². The van der Waals surface area contributed by atoms with E-state index < -0.39 is 10.9 Å². The van der Waals surface area contributed by atoms with Gasteiger partial charge in [-0.05, 0) is 36.0 Å². The summed E-state index contributed by atoms with van der Waals surface area (Å²) in [6, 6.07) is 13.4. The highest BCUT2D eigenvalue weighted by Crippen LogP contribution is 2.34. The van der Waals surface area contributed by atoms with Crippen molar-refractivity contribution in [1.29, 1.82) is 0 Å². The third-order valence-electron chi connectivity index (χ3n) is 4.08. The minimum Gasteiger partial charge on any atom is -0.457 e. The van der Waals surface area contributed by atoms with Crippen molar-refractivity contribution in [3.63, 3.8) is 0 Å². The molecule has 0 atom stereocenters. The van der Waals surface area contributed by atoms with Gasteiger partial charge in [0, 0.05) is 18.5 Å². The van der Waals surface area contributed by atoms with E-state index in [1.165, 1.54) is 24.5 Å². The summed E-state index contributed by atoms with van der Waals surface area (Å²) < 4.78 is 12.5. The molecule has 9 nitrogen and oxygen atoms in total. The zero-order chi connectivity index (χ0) is 20.4. The van der Waals surface area contributed by atoms with Crippen molar-refractivity contribution >= 4 is 34.4 Å². The maximum Gasteiger partial charge on any atom is 0.338 e. The largest absolute Gasteiger partial charge is 0.457 e. The van der Waals surface area contributed by atoms with Crippen LogP contribution in [0.5, 0.6) is 0 Å². The van der Waals surface area contributed by atoms with Crippen LogP contribution in [0.25, 0.3) is 11.0 Å². The Morgan fingerprint density at radius 1 is 1.28 bits per heavy atom. The first-order valence-electron chi connectivity index (χ1n) is 8.46. The number of ether oxygens (including phenoxy) is 1. The molecule has 146 valence electrons. The van der Waals surface area contributed by atoms with Crippen LogP contribution in [-0.2, 0) is 18.4 Å². The Labute approximate surface area is 168 Å². The van der Waals surface area contributed by atoms with E-state index in [2.05, 4.69) is 10.2 Å². The molecule has 0 fully saturated rings. The van der Waals surface area contributed by atoms with Gasteiger partial charge in [-0.2, -0.15) is 0 Å². The number of nitro groups is 1. The van der Waals surface area contributed by atoms with Crippen LogP contribution in [0.2, 0.25) is 0 Å². The van der Waals surface area contributed by atoms with E-state index in [-0.39, 0.29) is 17.9 Å². The standard InChI is InChI=1S/C19H14N4O5S/c1-22-11-20-21-19(22)29-17-7-6-13(9-15(17)23(25)26)18(24)27-10-14-8-12-4-2-3-5-16(12)28-14/h2-9,11H,10H2,1H3. The lowest BCUT2D eigenvalue weighted by Crippen LogP contribution is -2.06. The van der Waals surface area contributed by atoms with Gasteiger partial charge in [0.15, 0.2) is 5.16 Å². The molecule has 4 aromatic rings. The van der Waals surface area contributed by atoms with Crippen molar-refractivity contribution in [2.24, 2.45) is 7.05 Å². The van der Waals surface area contributed by atoms with Crippen LogP contribution in [-0.4, -0.2) is 25.7 Å². The van der Waals surface area contributed by atoms with Crippen molar-refractivity contribution < 1.29 is 18.9 Å². The highest BCUT2D eigenvalue weighted by molar-refractivity contribution is 7.99. The molecule has 0 spiro atoms. The number of furan rings is 1. The number of carbonyl (C=O) groups is 1. The van der Waals surface area contributed by atoms with Gasteiger partial charge in [0.2, 0.25) is 0 Å². The zero-order valence-electron chi connectivity index (χ0n) is 15.1. The molecule has 29 heavy (non-hydrogen) atoms. The first-order chi connectivity index (χ1) is 14.0. The van der Waals surface area contributed by atoms with Crippen LogP contribution in [0.4, 0.5) is 5.69 Å². The highest BCUT2D eigenvalue weighted by atomic mass is 32.2. The maximum atomic E-state index is 12.4. The molecule has 2 aromatic carbocycles. The number of hydrogen-bond acceptors (Lipinski definition) is 8. The average molecular weight is 410 g/mol. The van der Waals surface area contributed by atoms with Crippen molar-refractivity contribution in [2.45, 2.75) is 16.7 Å². The second-order valence-electron chi connectivity index (χ2n) is 6.09. The van der Waals surface area contributed by atoms with Crippen LogP contribution in [0.3, 0.4) is 0 Å². The molecule has 0 aliphatic carbocycles. The molecular formula is C19H14N4O5S. The number of nitrogens with zero attached hydrogens (tertiary/aromatic N) is 4. The minimum absolute atomic E-state index is 0.0727. The van der Waals surface area contributed by atoms with E-state index in [1.54, 1.807) is 17.7 Å². The number of aryl methyl sites for hydroxylation is 1. The molecule has 0 bridgehead atoms. The van der Waals surface area contributed by atoms with Gasteiger partial charge in [0.05, 0.1) is 15.4 Å². The first kappa shape index (κ1) is 18.7. The smallest absolute Gasteiger partial charge is 0.338 e. The van der Waals surface area contributed by atoms with Gasteiger partial charge in [-0.3, -0.25) is 10.1 Å². The van der Waals surface area contributed by atoms with Crippen molar-refractivity contribution in [3.05, 3.63) is 76.3 Å². The van der Waals surface area contributed by atoms with Gasteiger partial charge >= 0.3 is 5.97 Å². The second-order valence-corrected chi connectivity index (χ2v) is 7.10. The molecule has 0 saturated carbocycles. The van der Waals surface area contributed by atoms with Crippen LogP contribution >= 0.6 is 11.8 Å². The van der Waals surface area contributed by atoms with E-state index in [0.29, 0.717) is 21.4 Å². The number of nitro benzene ring substituents is 1. The number of para-hydroxylation sites is 1. The van der Waals surface area contributed by atoms with E-state index >= 15 is 0 Å². The summed E-state index contributed by atoms with van der Waals surface area (Å²) in [5.41, 5.74) is 0.561. The Kier molecular flexibility index (Phi) is 5.00. The normalized spacial score (nSPS) is 10.9. The molecular weight excluding hydrogens is 396 g/mol. The summed E-state index contributed by atoms with van der Waals surface area (Å²) in [4.78, 5) is 23.6. The molecule has 0 saturated heterocycles. The number of aromatic nitrogens is 3. The summed E-state index contributed by atoms with van der Waals surface area (Å²) in [6.07, 6.45) is 1.50. The molecule has 0 unspecified atom stereocenters. The Bertz CT molecular complexity index is 1180. The predicted octanol–water partition coefficient (Wildman–Crippen LogP) is 3.98. The monoisotopic (exact) mass is 410 g/mol. The molecule has 4 rings (SSSR count). The van der Waals surface area contributed by atoms with Crippen molar-refractivity contribution in [2.75, 3.05) is 0 Å². The third-order valence-corrected chi connectivity index (χ3v) is 5.20. The first-order valence-corrected chi connectivity index (χ1v) is 9.28. The van der Waals surface area contributed by atoms with Crippen LogP contribution in [0.1, 0.15) is 16.1 Å². The summed E-state index contributed by atoms with van der Waals surface area (Å²) in [5.74, 6) is -0.188. The summed E-state index contributed by atoms with van der Waals surface area (Å²) in [5, 5.41) is 20.5. The predicted molar refractivity (Wildman–Crippen MR) is 104 cm³/mol. The lowest BCUT2D eigenvalue weighted by atomic mass is 10.2. The Morgan fingerprint density at radius 2 is 2.10 bits per heavy atom. The SMILES string of the molecule is Cn1cnnc1Sc1ccc(C(=O)OCc2cc3ccccc3o2)cc1[N+](=O)[O-]. The fraction of sp³-hybridized carbons (Fsp3) is 0.105. The highest BCUT2D eigenvalue weighted by Gasteiger charge is 2.21. The zero-order valence-corrected chi connectivity index (χ0v) is 16.0. The molecule has 10 heteroatoms. The van der Waals surface area contributed by atoms with Crippen LogP contribution < -0.4 is 0 Å². The van der Waals surface area contributed by atoms with E-state index in [9.17, 15) is 14.9 Å². The fourth-order valence-electron chi connectivity index (χ4n) is 2.66. The molecule has 0 amide bonds. The van der Waals surface area contributed by atoms with Crippen molar-refractivity contribution in [3.8, 4) is 0 Å². The van der Waals surface area contributed by atoms with Crippen LogP contribution in [0, 0.1) is 10.1 Å². The molecule has 2 aromatic heterocycles. The molecule has 0 radical (unpaired) electrons. The molecule has 2 heterocycles. The number of fused-ring (bicyclic) bond motifs is 1. The van der Waals surface area contributed by atoms with Gasteiger partial charge < -0.3 is 13.7 Å². The van der Waals surface area contributed by atoms with E-state index in [1.807, 2.05) is 24.3 Å². The van der Waals surface area contributed by atoms with Crippen molar-refractivity contribution in [1.82, 2.24) is 14.8 Å². The lowest BCUT2D eigenvalue weighted by molar-refractivity contribution is -0.387. The second kappa shape index (κ2) is 7.76. The topological polar surface area (TPSA) is 113 Å². The fourth-order valence-corrected chi connectivity index (χ4v) is 3.51. The summed E-state index contributed by atoms with van der Waals surface area (Å²) >= 11 is 1.09. The summed E-state index contributed by atoms with van der Waals surface area (Å²) in [7, 11) is 1.73. The van der Waals surface area contributed by atoms with Crippen LogP contribution in [0.15, 0.2) is 69.3 Å². The lowest BCUT2D eigenvalue weighted by Gasteiger charge is -2.06. The quantitative estimate of drug-likeness (QED) is 0.266. The number of esters is 1. The number of rotatable bonds is 6. The number of hydrogen-bond donors (Lipinski definition) is 0. The Balaban J connectivity index is 1.51. The molecule has 0 aliphatic rings. The van der Waals surface area contributed by atoms with E-state index in [0.717, 1.165) is 17.1 Å². The third kappa shape index (κ3) is 3.97. The molecule has 0 aliphatic heterocycles. The maximum absolute atomic E-state index is 12.4. The Morgan fingerprint density at radius 3 is 2.83 bits per heavy atom. The van der Waals surface area contributed by atoms with Gasteiger partial charge in [-0.15, -0.1) is 10.2 Å². The number of carbonyl (C=O) groups excluding carboxylic acids is 1. The Hall–Kier alpha value is -3.66. The average Bonchev–Trinajstić information content (AvgIpc) is 3.32. The van der Waals surface area contributed by atoms with Gasteiger partial charge in [0.25, 0.3) is 5.69 Å². The summed E-state index contributed by atoms with van der Waals surface area (Å²) in [6.45, 7) is -0.0727. The minimum atomic E-state index is -0.677. The van der Waals surface area contributed by atoms with Gasteiger partial charge in [-0.1, -0.05) is 18.2 Å².